The number of benzene rings is 6. The van der Waals surface area contributed by atoms with Gasteiger partial charge in [-0.1, -0.05) is 301 Å². The van der Waals surface area contributed by atoms with Crippen LogP contribution in [0.5, 0.6) is 0 Å². The van der Waals surface area contributed by atoms with E-state index in [1.807, 2.05) is 403 Å². The van der Waals surface area contributed by atoms with Crippen molar-refractivity contribution in [2.24, 2.45) is 0 Å². The van der Waals surface area contributed by atoms with Gasteiger partial charge in [-0.25, -0.2) is 29.9 Å². The molecule has 6 aromatic carbocycles. The summed E-state index contributed by atoms with van der Waals surface area (Å²) in [5.41, 5.74) is 9.13. The molecule has 0 aliphatic heterocycles. The summed E-state index contributed by atoms with van der Waals surface area (Å²) < 4.78 is 0. The Hall–Kier alpha value is -6.07. The minimum Gasteiger partial charge on any atom is -0.358 e. The number of nitrogens with zero attached hydrogens (tertiary/aromatic N) is 12. The zero-order valence-electron chi connectivity index (χ0n) is 71.5. The van der Waals surface area contributed by atoms with Crippen LogP contribution >= 0.6 is 0 Å². The van der Waals surface area contributed by atoms with Crippen LogP contribution < -0.4 is 0 Å². The number of hydrogen-bond acceptors (Lipinski definition) is 12. The fraction of sp³-hybridized carbons (Fsp3) is 0.267. The normalized spacial score (nSPS) is 7.11. The summed E-state index contributed by atoms with van der Waals surface area (Å²) in [7, 11) is 0. The summed E-state index contributed by atoms with van der Waals surface area (Å²) in [4.78, 5) is 48.0. The molecule has 0 unspecified atom stereocenters. The average Bonchev–Trinajstić information content (AvgIpc) is 0.927. The van der Waals surface area contributed by atoms with Gasteiger partial charge in [-0.3, -0.25) is 29.9 Å². The summed E-state index contributed by atoms with van der Waals surface area (Å²) in [6.07, 6.45) is 15.2. The van der Waals surface area contributed by atoms with E-state index in [0.29, 0.717) is 0 Å². The summed E-state index contributed by atoms with van der Waals surface area (Å²) in [5, 5.41) is 0. The minimum absolute atomic E-state index is 0. The molecular weight excluding hydrogens is 2350 g/mol. The number of aromatic nitrogens is 12. The van der Waals surface area contributed by atoms with Crippen LogP contribution in [-0.4, -0.2) is 59.8 Å². The van der Waals surface area contributed by atoms with Crippen molar-refractivity contribution < 1.29 is 126 Å². The molecule has 0 amide bonds. The van der Waals surface area contributed by atoms with Crippen LogP contribution in [0, 0.1) is 128 Å². The SMILES string of the molecule is CC.CC.CC.CC.CC.CC.Cc1cc(C)nc(C)n1.Cc1cc(C)nc(C)n1.Cc1cc(C)nc(C)n1.Cc1cnccn1.Cc1cnccn1.Cc1cnccn1.[CH3-].[CH3-].[CH3-].[CH3-].[CH3-].[CH3-].[W].[W].[W].[W].[W].[W].c1ccccc1.c1ccccc1.c1ccccc1.c1ccccc1.c1ccccc1.c1ccccc1. The molecule has 12 aromatic rings. The molecule has 12 nitrogen and oxygen atoms in total. The second-order valence-electron chi connectivity index (χ2n) is 17.6. The standard InChI is InChI=1S/3C7H10N2.6C6H6.3C5H6N2.6C2H6.6CH3.6W/c3*1-5-4-6(2)9-7(3)8-5;6*1-2-4-6-5-3-1;3*1-5-4-6-2-3-7-5;6*1-2;;;;;;;;;;;;/h3*4H,1-3H3;6*1-6H;3*2-4H,1H3;6*1-2H3;6*1H3;;;;;;/q;;;;;;;;;;;;;;;;;;6*-1;;;;;;. The third kappa shape index (κ3) is 121. The molecule has 0 aliphatic carbocycles. The Kier molecular flexibility index (Phi) is 170. The van der Waals surface area contributed by atoms with E-state index in [1.165, 1.54) is 0 Å². The minimum atomic E-state index is 0. The van der Waals surface area contributed by atoms with Gasteiger partial charge in [0.25, 0.3) is 0 Å². The molecule has 0 saturated heterocycles. The van der Waals surface area contributed by atoms with Crippen LogP contribution in [0.1, 0.15) is 152 Å². The van der Waals surface area contributed by atoms with E-state index < -0.39 is 0 Å². The Labute approximate surface area is 750 Å². The van der Waals surface area contributed by atoms with Crippen molar-refractivity contribution in [3.05, 3.63) is 406 Å². The molecule has 12 rings (SSSR count). The van der Waals surface area contributed by atoms with E-state index >= 15 is 0 Å². The first-order chi connectivity index (χ1) is 46.7. The van der Waals surface area contributed by atoms with Gasteiger partial charge in [0, 0.05) is 216 Å². The van der Waals surface area contributed by atoms with E-state index in [4.69, 9.17) is 0 Å². The molecule has 0 radical (unpaired) electrons. The predicted molar refractivity (Wildman–Crippen MR) is 454 cm³/mol. The van der Waals surface area contributed by atoms with Gasteiger partial charge in [-0.2, -0.15) is 0 Å². The molecule has 6 aromatic heterocycles. The van der Waals surface area contributed by atoms with Crippen LogP contribution in [0.15, 0.2) is 292 Å². The summed E-state index contributed by atoms with van der Waals surface area (Å²) in [6, 6.07) is 77.9. The number of hydrogen-bond donors (Lipinski definition) is 0. The average molecular weight is 2490 g/mol. The van der Waals surface area contributed by atoms with E-state index in [-0.39, 0.29) is 171 Å². The van der Waals surface area contributed by atoms with Gasteiger partial charge in [0.2, 0.25) is 0 Å². The largest absolute Gasteiger partial charge is 0.358 e. The van der Waals surface area contributed by atoms with Gasteiger partial charge >= 0.3 is 0 Å². The second-order valence-corrected chi connectivity index (χ2v) is 17.6. The molecule has 18 heteroatoms. The molecule has 600 valence electrons. The topological polar surface area (TPSA) is 155 Å². The molecule has 108 heavy (non-hydrogen) atoms. The fourth-order valence-electron chi connectivity index (χ4n) is 6.14. The van der Waals surface area contributed by atoms with Crippen LogP contribution in [0.4, 0.5) is 0 Å². The quantitative estimate of drug-likeness (QED) is 0.133. The van der Waals surface area contributed by atoms with Gasteiger partial charge < -0.3 is 44.6 Å². The van der Waals surface area contributed by atoms with E-state index in [9.17, 15) is 0 Å². The maximum absolute atomic E-state index is 4.12. The zero-order chi connectivity index (χ0) is 73.4. The molecule has 0 N–H and O–H groups in total. The van der Waals surface area contributed by atoms with E-state index in [0.717, 1.165) is 68.7 Å². The Morgan fingerprint density at radius 2 is 0.259 bits per heavy atom. The number of rotatable bonds is 0. The first kappa shape index (κ1) is 147. The Balaban J connectivity index is -0.0000000501. The summed E-state index contributed by atoms with van der Waals surface area (Å²) in [5.74, 6) is 2.56. The monoisotopic (exact) mass is 2490 g/mol. The van der Waals surface area contributed by atoms with Crippen molar-refractivity contribution in [2.75, 3.05) is 0 Å². The third-order valence-electron chi connectivity index (χ3n) is 9.36. The van der Waals surface area contributed by atoms with Crippen LogP contribution in [-0.2, 0) is 126 Å². The first-order valence-electron chi connectivity index (χ1n) is 33.3. The molecule has 0 aliphatic rings. The van der Waals surface area contributed by atoms with Crippen molar-refractivity contribution in [3.63, 3.8) is 0 Å². The van der Waals surface area contributed by atoms with E-state index in [2.05, 4.69) is 59.8 Å². The fourth-order valence-corrected chi connectivity index (χ4v) is 6.14. The maximum Gasteiger partial charge on any atom is 0.125 e. The smallest absolute Gasteiger partial charge is 0.125 e. The van der Waals surface area contributed by atoms with Gasteiger partial charge in [-0.15, -0.1) is 0 Å². The molecule has 0 spiro atoms. The van der Waals surface area contributed by atoms with Crippen molar-refractivity contribution in [1.82, 2.24) is 59.8 Å². The van der Waals surface area contributed by atoms with Crippen molar-refractivity contribution in [3.8, 4) is 0 Å². The van der Waals surface area contributed by atoms with Gasteiger partial charge in [0.1, 0.15) is 17.5 Å². The molecule has 0 bridgehead atoms. The second kappa shape index (κ2) is 125. The number of aryl methyl sites for hydroxylation is 12. The van der Waals surface area contributed by atoms with Gasteiger partial charge in [-0.05, 0) is 101 Å². The molecule has 6 heterocycles. The van der Waals surface area contributed by atoms with Gasteiger partial charge in [0.05, 0.1) is 17.1 Å². The molecule has 0 atom stereocenters. The van der Waals surface area contributed by atoms with Crippen molar-refractivity contribution in [2.45, 2.75) is 166 Å². The Morgan fingerprint density at radius 1 is 0.157 bits per heavy atom. The zero-order valence-corrected chi connectivity index (χ0v) is 89.1. The van der Waals surface area contributed by atoms with Crippen LogP contribution in [0.2, 0.25) is 0 Å². The van der Waals surface area contributed by atoms with Crippen LogP contribution in [0.3, 0.4) is 0 Å². The Bertz CT molecular complexity index is 2540. The van der Waals surface area contributed by atoms with Crippen molar-refractivity contribution in [1.29, 1.82) is 0 Å². The summed E-state index contributed by atoms with van der Waals surface area (Å²) >= 11 is 0. The molecule has 0 saturated carbocycles. The predicted octanol–water partition coefficient (Wildman–Crippen LogP) is 25.5. The van der Waals surface area contributed by atoms with E-state index in [1.54, 1.807) is 55.8 Å². The maximum atomic E-state index is 4.12. The first-order valence-corrected chi connectivity index (χ1v) is 33.3. The Morgan fingerprint density at radius 3 is 0.315 bits per heavy atom. The third-order valence-corrected chi connectivity index (χ3v) is 9.36. The van der Waals surface area contributed by atoms with Gasteiger partial charge in [0.15, 0.2) is 0 Å². The van der Waals surface area contributed by atoms with Crippen molar-refractivity contribution >= 4 is 0 Å². The molecule has 0 fully saturated rings. The summed E-state index contributed by atoms with van der Waals surface area (Å²) in [6.45, 7) is 47.3. The molecular formula is C90H138N12W6-6. The van der Waals surface area contributed by atoms with Crippen LogP contribution in [0.25, 0.3) is 0 Å².